The van der Waals surface area contributed by atoms with Crippen molar-refractivity contribution < 1.29 is 13.5 Å². The second kappa shape index (κ2) is 5.84. The Hall–Kier alpha value is -0.910. The van der Waals surface area contributed by atoms with Crippen LogP contribution in [0.5, 0.6) is 0 Å². The molecule has 2 rings (SSSR count). The fourth-order valence-corrected chi connectivity index (χ4v) is 4.40. The molecule has 0 aromatic heterocycles. The normalized spacial score (nSPS) is 19.9. The number of hydrogen-bond acceptors (Lipinski definition) is 3. The van der Waals surface area contributed by atoms with Gasteiger partial charge in [0.25, 0.3) is 0 Å². The highest BCUT2D eigenvalue weighted by Crippen LogP contribution is 2.30. The largest absolute Gasteiger partial charge is 0.392 e. The van der Waals surface area contributed by atoms with Gasteiger partial charge in [-0.1, -0.05) is 38.1 Å². The van der Waals surface area contributed by atoms with Crippen molar-refractivity contribution in [3.8, 4) is 0 Å². The predicted octanol–water partition coefficient (Wildman–Crippen LogP) is 2.13. The minimum atomic E-state index is -3.26. The van der Waals surface area contributed by atoms with Gasteiger partial charge in [0.05, 0.1) is 12.4 Å². The molecular formula is C15H23NO3S. The summed E-state index contributed by atoms with van der Waals surface area (Å²) in [6.45, 7) is 5.44. The second-order valence-corrected chi connectivity index (χ2v) is 8.30. The van der Waals surface area contributed by atoms with Crippen molar-refractivity contribution in [1.82, 2.24) is 4.31 Å². The molecule has 4 nitrogen and oxygen atoms in total. The molecule has 112 valence electrons. The minimum absolute atomic E-state index is 0.0205. The third kappa shape index (κ3) is 3.81. The zero-order valence-electron chi connectivity index (χ0n) is 12.2. The molecule has 0 atom stereocenters. The molecule has 1 N–H and O–H groups in total. The molecule has 0 saturated carbocycles. The number of aliphatic hydroxyl groups excluding tert-OH is 1. The number of rotatable bonds is 4. The topological polar surface area (TPSA) is 57.6 Å². The van der Waals surface area contributed by atoms with Crippen LogP contribution in [0.1, 0.15) is 37.8 Å². The first-order chi connectivity index (χ1) is 9.32. The van der Waals surface area contributed by atoms with E-state index in [1.807, 2.05) is 0 Å². The predicted molar refractivity (Wildman–Crippen MR) is 79.6 cm³/mol. The fraction of sp³-hybridized carbons (Fsp3) is 0.600. The van der Waals surface area contributed by atoms with Gasteiger partial charge in [0.15, 0.2) is 0 Å². The lowest BCUT2D eigenvalue weighted by molar-refractivity contribution is 0.187. The summed E-state index contributed by atoms with van der Waals surface area (Å²) in [4.78, 5) is 0. The standard InChI is InChI=1S/C15H23NO3S/c1-15(2)8-3-9-16(12-15)20(18,19)11-14-6-4-13(10-17)5-7-14/h4-7,17H,3,8-12H2,1-2H3. The van der Waals surface area contributed by atoms with E-state index in [1.54, 1.807) is 28.6 Å². The molecule has 0 bridgehead atoms. The van der Waals surface area contributed by atoms with E-state index in [-0.39, 0.29) is 17.8 Å². The van der Waals surface area contributed by atoms with Crippen LogP contribution in [0, 0.1) is 5.41 Å². The molecule has 0 unspecified atom stereocenters. The van der Waals surface area contributed by atoms with E-state index in [2.05, 4.69) is 13.8 Å². The Bertz CT molecular complexity index is 549. The summed E-state index contributed by atoms with van der Waals surface area (Å²) in [6.07, 6.45) is 2.00. The number of piperidine rings is 1. The van der Waals surface area contributed by atoms with Crippen molar-refractivity contribution in [2.24, 2.45) is 5.41 Å². The maximum Gasteiger partial charge on any atom is 0.218 e. The zero-order valence-corrected chi connectivity index (χ0v) is 13.0. The number of nitrogens with zero attached hydrogens (tertiary/aromatic N) is 1. The summed E-state index contributed by atoms with van der Waals surface area (Å²) in [5, 5.41) is 9.00. The Balaban J connectivity index is 2.10. The molecule has 1 fully saturated rings. The van der Waals surface area contributed by atoms with E-state index >= 15 is 0 Å². The van der Waals surface area contributed by atoms with Crippen molar-refractivity contribution in [3.63, 3.8) is 0 Å². The van der Waals surface area contributed by atoms with Gasteiger partial charge in [-0.25, -0.2) is 12.7 Å². The first kappa shape index (κ1) is 15.5. The number of aliphatic hydroxyl groups is 1. The van der Waals surface area contributed by atoms with Gasteiger partial charge < -0.3 is 5.11 Å². The van der Waals surface area contributed by atoms with Crippen LogP contribution in [0.2, 0.25) is 0 Å². The van der Waals surface area contributed by atoms with Gasteiger partial charge in [0, 0.05) is 13.1 Å². The summed E-state index contributed by atoms with van der Waals surface area (Å²) in [6, 6.07) is 7.09. The molecule has 1 aliphatic rings. The monoisotopic (exact) mass is 297 g/mol. The highest BCUT2D eigenvalue weighted by molar-refractivity contribution is 7.88. The fourth-order valence-electron chi connectivity index (χ4n) is 2.65. The van der Waals surface area contributed by atoms with E-state index in [4.69, 9.17) is 5.11 Å². The van der Waals surface area contributed by atoms with Crippen molar-refractivity contribution in [2.45, 2.75) is 39.0 Å². The number of sulfonamides is 1. The quantitative estimate of drug-likeness (QED) is 0.926. The van der Waals surface area contributed by atoms with Crippen molar-refractivity contribution in [2.75, 3.05) is 13.1 Å². The molecule has 0 amide bonds. The highest BCUT2D eigenvalue weighted by atomic mass is 32.2. The molecule has 1 aromatic carbocycles. The van der Waals surface area contributed by atoms with E-state index in [0.717, 1.165) is 24.0 Å². The van der Waals surface area contributed by atoms with Gasteiger partial charge >= 0.3 is 0 Å². The molecule has 0 aliphatic carbocycles. The smallest absolute Gasteiger partial charge is 0.218 e. The summed E-state index contributed by atoms with van der Waals surface area (Å²) in [5.41, 5.74) is 1.63. The van der Waals surface area contributed by atoms with Gasteiger partial charge in [-0.05, 0) is 29.4 Å². The lowest BCUT2D eigenvalue weighted by Gasteiger charge is -2.37. The highest BCUT2D eigenvalue weighted by Gasteiger charge is 2.33. The van der Waals surface area contributed by atoms with Crippen LogP contribution >= 0.6 is 0 Å². The van der Waals surface area contributed by atoms with Crippen LogP contribution in [-0.2, 0) is 22.4 Å². The van der Waals surface area contributed by atoms with Gasteiger partial charge in [0.1, 0.15) is 0 Å². The van der Waals surface area contributed by atoms with E-state index in [1.165, 1.54) is 0 Å². The summed E-state index contributed by atoms with van der Waals surface area (Å²) < 4.78 is 26.6. The van der Waals surface area contributed by atoms with Gasteiger partial charge in [-0.2, -0.15) is 0 Å². The molecule has 0 radical (unpaired) electrons. The Morgan fingerprint density at radius 2 is 1.80 bits per heavy atom. The lowest BCUT2D eigenvalue weighted by Crippen LogP contribution is -2.43. The molecule has 5 heteroatoms. The summed E-state index contributed by atoms with van der Waals surface area (Å²) in [7, 11) is -3.26. The molecule has 1 aromatic rings. The first-order valence-corrected chi connectivity index (χ1v) is 8.60. The third-order valence-corrected chi connectivity index (χ3v) is 5.61. The molecule has 1 heterocycles. The minimum Gasteiger partial charge on any atom is -0.392 e. The van der Waals surface area contributed by atoms with Gasteiger partial charge in [-0.15, -0.1) is 0 Å². The average molecular weight is 297 g/mol. The molecule has 20 heavy (non-hydrogen) atoms. The Labute approximate surface area is 121 Å². The SMILES string of the molecule is CC1(C)CCCN(S(=O)(=O)Cc2ccc(CO)cc2)C1. The van der Waals surface area contributed by atoms with Crippen molar-refractivity contribution in [3.05, 3.63) is 35.4 Å². The van der Waals surface area contributed by atoms with Crippen LogP contribution in [-0.4, -0.2) is 30.9 Å². The van der Waals surface area contributed by atoms with Gasteiger partial charge in [0.2, 0.25) is 10.0 Å². The number of benzene rings is 1. The van der Waals surface area contributed by atoms with Crippen LogP contribution in [0.4, 0.5) is 0 Å². The first-order valence-electron chi connectivity index (χ1n) is 6.99. The summed E-state index contributed by atoms with van der Waals surface area (Å²) in [5.74, 6) is 0.0365. The van der Waals surface area contributed by atoms with Crippen LogP contribution in [0.15, 0.2) is 24.3 Å². The second-order valence-electron chi connectivity index (χ2n) is 6.33. The molecule has 0 spiro atoms. The maximum absolute atomic E-state index is 12.5. The van der Waals surface area contributed by atoms with Crippen LogP contribution in [0.3, 0.4) is 0 Å². The third-order valence-electron chi connectivity index (χ3n) is 3.81. The molecule has 1 saturated heterocycles. The van der Waals surface area contributed by atoms with Crippen molar-refractivity contribution in [1.29, 1.82) is 0 Å². The molecule has 1 aliphatic heterocycles. The van der Waals surface area contributed by atoms with Gasteiger partial charge in [-0.3, -0.25) is 0 Å². The van der Waals surface area contributed by atoms with Crippen LogP contribution in [0.25, 0.3) is 0 Å². The average Bonchev–Trinajstić information content (AvgIpc) is 2.38. The Morgan fingerprint density at radius 3 is 2.35 bits per heavy atom. The molecular weight excluding hydrogens is 274 g/mol. The summed E-state index contributed by atoms with van der Waals surface area (Å²) >= 11 is 0. The van der Waals surface area contributed by atoms with E-state index in [9.17, 15) is 8.42 Å². The van der Waals surface area contributed by atoms with E-state index < -0.39 is 10.0 Å². The zero-order chi connectivity index (χ0) is 14.8. The van der Waals surface area contributed by atoms with E-state index in [0.29, 0.717) is 13.1 Å². The lowest BCUT2D eigenvalue weighted by atomic mass is 9.85. The Morgan fingerprint density at radius 1 is 1.20 bits per heavy atom. The Kier molecular flexibility index (Phi) is 4.52. The maximum atomic E-state index is 12.5. The number of hydrogen-bond donors (Lipinski definition) is 1. The van der Waals surface area contributed by atoms with Crippen LogP contribution < -0.4 is 0 Å². The van der Waals surface area contributed by atoms with Crippen molar-refractivity contribution >= 4 is 10.0 Å².